The molecule has 0 unspecified atom stereocenters. The third kappa shape index (κ3) is 2.77. The average molecular weight is 235 g/mol. The van der Waals surface area contributed by atoms with Gasteiger partial charge in [-0.3, -0.25) is 4.98 Å². The first-order chi connectivity index (χ1) is 7.78. The summed E-state index contributed by atoms with van der Waals surface area (Å²) < 4.78 is 13.2. The second-order valence-corrected chi connectivity index (χ2v) is 4.24. The standard InChI is InChI=1S/C11H10FN3S/c12-9-3-8(6-13)4-10(5-9)16-11-7-14-1-2-15-11/h1-5,7H,6,13H2. The Bertz CT molecular complexity index is 476. The molecule has 2 aromatic rings. The van der Waals surface area contributed by atoms with Gasteiger partial charge in [0.1, 0.15) is 10.8 Å². The lowest BCUT2D eigenvalue weighted by molar-refractivity contribution is 0.621. The Balaban J connectivity index is 2.24. The maximum atomic E-state index is 13.2. The van der Waals surface area contributed by atoms with E-state index in [-0.39, 0.29) is 5.82 Å². The summed E-state index contributed by atoms with van der Waals surface area (Å²) in [4.78, 5) is 8.83. The van der Waals surface area contributed by atoms with Crippen LogP contribution in [-0.4, -0.2) is 9.97 Å². The molecule has 0 atom stereocenters. The van der Waals surface area contributed by atoms with Crippen LogP contribution in [0.3, 0.4) is 0 Å². The van der Waals surface area contributed by atoms with Crippen LogP contribution in [0.25, 0.3) is 0 Å². The summed E-state index contributed by atoms with van der Waals surface area (Å²) in [5, 5.41) is 0.732. The summed E-state index contributed by atoms with van der Waals surface area (Å²) in [5.41, 5.74) is 6.25. The lowest BCUT2D eigenvalue weighted by atomic mass is 10.2. The number of aromatic nitrogens is 2. The first kappa shape index (κ1) is 11.0. The van der Waals surface area contributed by atoms with Crippen LogP contribution in [0.4, 0.5) is 4.39 Å². The largest absolute Gasteiger partial charge is 0.326 e. The topological polar surface area (TPSA) is 51.8 Å². The van der Waals surface area contributed by atoms with Gasteiger partial charge in [-0.25, -0.2) is 9.37 Å². The summed E-state index contributed by atoms with van der Waals surface area (Å²) in [7, 11) is 0. The van der Waals surface area contributed by atoms with Gasteiger partial charge in [-0.1, -0.05) is 11.8 Å². The quantitative estimate of drug-likeness (QED) is 0.886. The van der Waals surface area contributed by atoms with Crippen molar-refractivity contribution in [3.05, 3.63) is 48.2 Å². The van der Waals surface area contributed by atoms with Crippen LogP contribution in [0, 0.1) is 5.82 Å². The van der Waals surface area contributed by atoms with Crippen LogP contribution in [-0.2, 0) is 6.54 Å². The molecule has 1 aromatic heterocycles. The fourth-order valence-corrected chi connectivity index (χ4v) is 2.11. The molecule has 0 aliphatic heterocycles. The van der Waals surface area contributed by atoms with Gasteiger partial charge in [-0.15, -0.1) is 0 Å². The molecule has 2 N–H and O–H groups in total. The summed E-state index contributed by atoms with van der Waals surface area (Å²) in [6.45, 7) is 0.325. The molecule has 0 aliphatic carbocycles. The molecule has 3 nitrogen and oxygen atoms in total. The van der Waals surface area contributed by atoms with E-state index in [0.29, 0.717) is 6.54 Å². The maximum Gasteiger partial charge on any atom is 0.124 e. The Hall–Kier alpha value is -1.46. The van der Waals surface area contributed by atoms with E-state index in [1.165, 1.54) is 23.9 Å². The minimum absolute atomic E-state index is 0.283. The van der Waals surface area contributed by atoms with Crippen molar-refractivity contribution in [3.63, 3.8) is 0 Å². The smallest absolute Gasteiger partial charge is 0.124 e. The Morgan fingerprint density at radius 3 is 2.81 bits per heavy atom. The highest BCUT2D eigenvalue weighted by Gasteiger charge is 2.02. The van der Waals surface area contributed by atoms with Crippen LogP contribution in [0.5, 0.6) is 0 Å². The maximum absolute atomic E-state index is 13.2. The third-order valence-corrected chi connectivity index (χ3v) is 2.82. The highest BCUT2D eigenvalue weighted by molar-refractivity contribution is 7.99. The Morgan fingerprint density at radius 2 is 2.12 bits per heavy atom. The summed E-state index contributed by atoms with van der Waals surface area (Å²) in [5.74, 6) is -0.283. The van der Waals surface area contributed by atoms with Crippen molar-refractivity contribution < 1.29 is 4.39 Å². The molecular formula is C11H10FN3S. The van der Waals surface area contributed by atoms with E-state index in [1.54, 1.807) is 18.6 Å². The van der Waals surface area contributed by atoms with Gasteiger partial charge in [0, 0.05) is 23.8 Å². The number of halogens is 1. The van der Waals surface area contributed by atoms with Gasteiger partial charge in [0.15, 0.2) is 0 Å². The minimum Gasteiger partial charge on any atom is -0.326 e. The van der Waals surface area contributed by atoms with Crippen LogP contribution < -0.4 is 5.73 Å². The molecule has 0 bridgehead atoms. The summed E-state index contributed by atoms with van der Waals surface area (Å²) in [6, 6.07) is 4.74. The van der Waals surface area contributed by atoms with Gasteiger partial charge in [-0.05, 0) is 23.8 Å². The number of nitrogens with two attached hydrogens (primary N) is 1. The van der Waals surface area contributed by atoms with Crippen molar-refractivity contribution in [3.8, 4) is 0 Å². The van der Waals surface area contributed by atoms with Crippen molar-refractivity contribution in [1.29, 1.82) is 0 Å². The molecule has 2 rings (SSSR count). The first-order valence-corrected chi connectivity index (χ1v) is 5.53. The van der Waals surface area contributed by atoms with E-state index in [0.717, 1.165) is 15.5 Å². The predicted molar refractivity (Wildman–Crippen MR) is 60.4 cm³/mol. The molecule has 0 radical (unpaired) electrons. The van der Waals surface area contributed by atoms with E-state index in [2.05, 4.69) is 9.97 Å². The van der Waals surface area contributed by atoms with Crippen LogP contribution in [0.1, 0.15) is 5.56 Å². The zero-order chi connectivity index (χ0) is 11.4. The lowest BCUT2D eigenvalue weighted by Gasteiger charge is -2.03. The fourth-order valence-electron chi connectivity index (χ4n) is 1.26. The molecule has 5 heteroatoms. The van der Waals surface area contributed by atoms with Crippen molar-refractivity contribution in [1.82, 2.24) is 9.97 Å². The molecule has 0 aliphatic rings. The second kappa shape index (κ2) is 5.05. The normalized spacial score (nSPS) is 10.4. The number of benzene rings is 1. The van der Waals surface area contributed by atoms with Crippen molar-refractivity contribution in [2.24, 2.45) is 5.73 Å². The molecule has 82 valence electrons. The fraction of sp³-hybridized carbons (Fsp3) is 0.0909. The molecule has 1 aromatic carbocycles. The van der Waals surface area contributed by atoms with E-state index in [4.69, 9.17) is 5.73 Å². The Labute approximate surface area is 96.9 Å². The molecule has 0 spiro atoms. The van der Waals surface area contributed by atoms with Crippen molar-refractivity contribution >= 4 is 11.8 Å². The highest BCUT2D eigenvalue weighted by atomic mass is 32.2. The van der Waals surface area contributed by atoms with Gasteiger partial charge in [0.05, 0.1) is 6.20 Å². The van der Waals surface area contributed by atoms with Crippen LogP contribution in [0.2, 0.25) is 0 Å². The Kier molecular flexibility index (Phi) is 3.48. The average Bonchev–Trinajstić information content (AvgIpc) is 2.29. The third-order valence-electron chi connectivity index (χ3n) is 1.93. The van der Waals surface area contributed by atoms with Crippen LogP contribution >= 0.6 is 11.8 Å². The summed E-state index contributed by atoms with van der Waals surface area (Å²) in [6.07, 6.45) is 4.84. The van der Waals surface area contributed by atoms with E-state index < -0.39 is 0 Å². The minimum atomic E-state index is -0.283. The zero-order valence-electron chi connectivity index (χ0n) is 8.43. The molecule has 1 heterocycles. The van der Waals surface area contributed by atoms with E-state index in [1.807, 2.05) is 6.07 Å². The van der Waals surface area contributed by atoms with Gasteiger partial charge >= 0.3 is 0 Å². The number of rotatable bonds is 3. The molecule has 0 saturated carbocycles. The number of hydrogen-bond donors (Lipinski definition) is 1. The summed E-state index contributed by atoms with van der Waals surface area (Å²) >= 11 is 1.36. The van der Waals surface area contributed by atoms with Crippen molar-refractivity contribution in [2.45, 2.75) is 16.5 Å². The molecule has 16 heavy (non-hydrogen) atoms. The highest BCUT2D eigenvalue weighted by Crippen LogP contribution is 2.26. The number of hydrogen-bond acceptors (Lipinski definition) is 4. The van der Waals surface area contributed by atoms with Gasteiger partial charge in [0.2, 0.25) is 0 Å². The molecule has 0 saturated heterocycles. The Morgan fingerprint density at radius 1 is 1.25 bits per heavy atom. The van der Waals surface area contributed by atoms with Gasteiger partial charge < -0.3 is 5.73 Å². The predicted octanol–water partition coefficient (Wildman–Crippen LogP) is 2.23. The molecule has 0 fully saturated rings. The number of nitrogens with zero attached hydrogens (tertiary/aromatic N) is 2. The first-order valence-electron chi connectivity index (χ1n) is 4.71. The monoisotopic (exact) mass is 235 g/mol. The second-order valence-electron chi connectivity index (χ2n) is 3.15. The molecular weight excluding hydrogens is 225 g/mol. The van der Waals surface area contributed by atoms with Gasteiger partial charge in [-0.2, -0.15) is 0 Å². The van der Waals surface area contributed by atoms with Gasteiger partial charge in [0.25, 0.3) is 0 Å². The van der Waals surface area contributed by atoms with Crippen molar-refractivity contribution in [2.75, 3.05) is 0 Å². The zero-order valence-corrected chi connectivity index (χ0v) is 9.25. The van der Waals surface area contributed by atoms with E-state index >= 15 is 0 Å². The SMILES string of the molecule is NCc1cc(F)cc(Sc2cnccn2)c1. The van der Waals surface area contributed by atoms with E-state index in [9.17, 15) is 4.39 Å². The lowest BCUT2D eigenvalue weighted by Crippen LogP contribution is -1.97. The molecule has 0 amide bonds. The van der Waals surface area contributed by atoms with Crippen LogP contribution in [0.15, 0.2) is 46.7 Å².